The third kappa shape index (κ3) is 3.44. The lowest BCUT2D eigenvalue weighted by molar-refractivity contribution is -0.0332. The predicted octanol–water partition coefficient (Wildman–Crippen LogP) is 2.87. The summed E-state index contributed by atoms with van der Waals surface area (Å²) in [4.78, 5) is 26.0. The van der Waals surface area contributed by atoms with E-state index in [1.54, 1.807) is 13.1 Å². The predicted molar refractivity (Wildman–Crippen MR) is 123 cm³/mol. The number of fused-ring (bicyclic) bond motifs is 2. The minimum atomic E-state index is -0.382. The molecule has 4 heterocycles. The Morgan fingerprint density at radius 1 is 1.18 bits per heavy atom. The number of aromatic nitrogens is 3. The number of carbonyl (C=O) groups is 1. The standard InChI is InChI=1S/C25H24N4O5/c1-15-18(4-5-19-20(15)14-33-24(19)30)23-13-28(7-8-32-23)11-16-10-26-29(12-16)17-3-6-22-21(9-17)27(2)25(31)34-22/h3-6,9-10,12,23H,7-8,11,13-14H2,1-2H3. The fourth-order valence-corrected chi connectivity index (χ4v) is 4.85. The molecule has 2 aliphatic rings. The molecule has 2 aromatic heterocycles. The second-order valence-electron chi connectivity index (χ2n) is 8.85. The van der Waals surface area contributed by atoms with E-state index in [0.717, 1.165) is 53.1 Å². The molecule has 1 saturated heterocycles. The van der Waals surface area contributed by atoms with Crippen LogP contribution in [0.1, 0.15) is 38.7 Å². The van der Waals surface area contributed by atoms with Crippen LogP contribution in [0.25, 0.3) is 16.8 Å². The number of oxazole rings is 1. The third-order valence-electron chi connectivity index (χ3n) is 6.79. The van der Waals surface area contributed by atoms with Gasteiger partial charge in [-0.15, -0.1) is 0 Å². The van der Waals surface area contributed by atoms with E-state index in [1.165, 1.54) is 4.57 Å². The zero-order valence-electron chi connectivity index (χ0n) is 19.0. The van der Waals surface area contributed by atoms with Crippen LogP contribution in [-0.2, 0) is 29.7 Å². The van der Waals surface area contributed by atoms with Gasteiger partial charge in [-0.2, -0.15) is 5.10 Å². The second-order valence-corrected chi connectivity index (χ2v) is 8.85. The van der Waals surface area contributed by atoms with Crippen LogP contribution in [0.5, 0.6) is 0 Å². The van der Waals surface area contributed by atoms with Crippen molar-refractivity contribution in [3.63, 3.8) is 0 Å². The summed E-state index contributed by atoms with van der Waals surface area (Å²) < 4.78 is 19.8. The lowest BCUT2D eigenvalue weighted by Gasteiger charge is -2.33. The Bertz CT molecular complexity index is 1480. The summed E-state index contributed by atoms with van der Waals surface area (Å²) in [6.07, 6.45) is 3.81. The number of rotatable bonds is 4. The Morgan fingerprint density at radius 2 is 2.06 bits per heavy atom. The van der Waals surface area contributed by atoms with Crippen LogP contribution in [0, 0.1) is 6.92 Å². The van der Waals surface area contributed by atoms with Gasteiger partial charge in [-0.3, -0.25) is 9.47 Å². The molecule has 9 heteroatoms. The van der Waals surface area contributed by atoms with E-state index < -0.39 is 0 Å². The minimum absolute atomic E-state index is 0.0606. The van der Waals surface area contributed by atoms with Crippen molar-refractivity contribution in [3.8, 4) is 5.69 Å². The highest BCUT2D eigenvalue weighted by Gasteiger charge is 2.29. The van der Waals surface area contributed by atoms with E-state index in [4.69, 9.17) is 13.9 Å². The van der Waals surface area contributed by atoms with Gasteiger partial charge in [0.1, 0.15) is 6.61 Å². The van der Waals surface area contributed by atoms with E-state index >= 15 is 0 Å². The maximum Gasteiger partial charge on any atom is 0.419 e. The first-order valence-corrected chi connectivity index (χ1v) is 11.2. The van der Waals surface area contributed by atoms with Crippen molar-refractivity contribution in [3.05, 3.63) is 81.1 Å². The van der Waals surface area contributed by atoms with Gasteiger partial charge >= 0.3 is 11.7 Å². The maximum absolute atomic E-state index is 11.9. The first kappa shape index (κ1) is 20.9. The molecule has 0 N–H and O–H groups in total. The molecule has 0 bridgehead atoms. The SMILES string of the molecule is Cc1c(C2CN(Cc3cnn(-c4ccc5oc(=O)n(C)c5c4)c3)CCO2)ccc2c1COC2=O. The van der Waals surface area contributed by atoms with Gasteiger partial charge in [0.15, 0.2) is 5.58 Å². The van der Waals surface area contributed by atoms with Crippen LogP contribution >= 0.6 is 0 Å². The summed E-state index contributed by atoms with van der Waals surface area (Å²) in [5.74, 6) is -0.630. The third-order valence-corrected chi connectivity index (χ3v) is 6.79. The molecule has 1 unspecified atom stereocenters. The van der Waals surface area contributed by atoms with Gasteiger partial charge in [-0.05, 0) is 42.3 Å². The highest BCUT2D eigenvalue weighted by molar-refractivity contribution is 5.94. The van der Waals surface area contributed by atoms with Crippen molar-refractivity contribution in [2.75, 3.05) is 19.7 Å². The molecule has 1 fully saturated rings. The minimum Gasteiger partial charge on any atom is -0.457 e. The molecular formula is C25H24N4O5. The normalized spacial score (nSPS) is 18.4. The molecule has 174 valence electrons. The van der Waals surface area contributed by atoms with Crippen LogP contribution in [0.15, 0.2) is 51.9 Å². The fraction of sp³-hybridized carbons (Fsp3) is 0.320. The molecule has 4 aromatic rings. The van der Waals surface area contributed by atoms with E-state index in [-0.39, 0.29) is 17.8 Å². The van der Waals surface area contributed by atoms with Crippen LogP contribution in [0.4, 0.5) is 0 Å². The van der Waals surface area contributed by atoms with Gasteiger partial charge in [-0.1, -0.05) is 6.07 Å². The first-order chi connectivity index (χ1) is 16.5. The topological polar surface area (TPSA) is 91.7 Å². The van der Waals surface area contributed by atoms with Crippen LogP contribution in [0.3, 0.4) is 0 Å². The zero-order valence-corrected chi connectivity index (χ0v) is 19.0. The molecule has 2 aromatic carbocycles. The molecule has 2 aliphatic heterocycles. The number of hydrogen-bond donors (Lipinski definition) is 0. The molecule has 0 amide bonds. The molecule has 6 rings (SSSR count). The number of carbonyl (C=O) groups excluding carboxylic acids is 1. The van der Waals surface area contributed by atoms with Crippen LogP contribution < -0.4 is 5.76 Å². The highest BCUT2D eigenvalue weighted by Crippen LogP contribution is 2.32. The molecule has 9 nitrogen and oxygen atoms in total. The quantitative estimate of drug-likeness (QED) is 0.433. The number of hydrogen-bond acceptors (Lipinski definition) is 7. The summed E-state index contributed by atoms with van der Waals surface area (Å²) in [6, 6.07) is 9.42. The smallest absolute Gasteiger partial charge is 0.419 e. The van der Waals surface area contributed by atoms with Crippen molar-refractivity contribution in [1.82, 2.24) is 19.2 Å². The molecule has 1 atom stereocenters. The van der Waals surface area contributed by atoms with Crippen molar-refractivity contribution in [2.24, 2.45) is 7.05 Å². The molecule has 0 saturated carbocycles. The summed E-state index contributed by atoms with van der Waals surface area (Å²) >= 11 is 0. The van der Waals surface area contributed by atoms with E-state index in [2.05, 4.69) is 10.00 Å². The number of esters is 1. The summed E-state index contributed by atoms with van der Waals surface area (Å²) in [7, 11) is 1.69. The molecule has 0 radical (unpaired) electrons. The van der Waals surface area contributed by atoms with E-state index in [9.17, 15) is 9.59 Å². The number of cyclic esters (lactones) is 1. The van der Waals surface area contributed by atoms with Gasteiger partial charge in [-0.25, -0.2) is 14.3 Å². The van der Waals surface area contributed by atoms with Gasteiger partial charge in [0, 0.05) is 44.0 Å². The second kappa shape index (κ2) is 7.96. The van der Waals surface area contributed by atoms with Gasteiger partial charge in [0.05, 0.1) is 35.7 Å². The Morgan fingerprint density at radius 3 is 2.94 bits per heavy atom. The lowest BCUT2D eigenvalue weighted by atomic mass is 9.94. The van der Waals surface area contributed by atoms with Crippen molar-refractivity contribution in [1.29, 1.82) is 0 Å². The van der Waals surface area contributed by atoms with Crippen molar-refractivity contribution in [2.45, 2.75) is 26.2 Å². The summed E-state index contributed by atoms with van der Waals surface area (Å²) in [5, 5.41) is 4.53. The Kier molecular flexibility index (Phi) is 4.89. The van der Waals surface area contributed by atoms with Crippen LogP contribution in [-0.4, -0.2) is 44.9 Å². The Labute approximate surface area is 195 Å². The molecule has 34 heavy (non-hydrogen) atoms. The van der Waals surface area contributed by atoms with Crippen molar-refractivity contribution >= 4 is 17.1 Å². The lowest BCUT2D eigenvalue weighted by Crippen LogP contribution is -2.38. The summed E-state index contributed by atoms with van der Waals surface area (Å²) in [5.41, 5.74) is 7.05. The van der Waals surface area contributed by atoms with Crippen molar-refractivity contribution < 1.29 is 18.7 Å². The molecular weight excluding hydrogens is 436 g/mol. The van der Waals surface area contributed by atoms with E-state index in [1.807, 2.05) is 48.3 Å². The van der Waals surface area contributed by atoms with E-state index in [0.29, 0.717) is 24.4 Å². The molecule has 0 aliphatic carbocycles. The average molecular weight is 460 g/mol. The average Bonchev–Trinajstić information content (AvgIpc) is 3.53. The maximum atomic E-state index is 11.9. The number of ether oxygens (including phenoxy) is 2. The van der Waals surface area contributed by atoms with Gasteiger partial charge in [0.2, 0.25) is 0 Å². The highest BCUT2D eigenvalue weighted by atomic mass is 16.5. The van der Waals surface area contributed by atoms with Gasteiger partial charge < -0.3 is 13.9 Å². The number of aryl methyl sites for hydroxylation is 1. The zero-order chi connectivity index (χ0) is 23.4. The number of benzene rings is 2. The monoisotopic (exact) mass is 460 g/mol. The molecule has 0 spiro atoms. The first-order valence-electron chi connectivity index (χ1n) is 11.2. The summed E-state index contributed by atoms with van der Waals surface area (Å²) in [6.45, 7) is 5.34. The Hall–Kier alpha value is -3.69. The fourth-order valence-electron chi connectivity index (χ4n) is 4.85. The number of morpholine rings is 1. The largest absolute Gasteiger partial charge is 0.457 e. The number of nitrogens with zero attached hydrogens (tertiary/aromatic N) is 4. The van der Waals surface area contributed by atoms with Crippen LogP contribution in [0.2, 0.25) is 0 Å². The Balaban J connectivity index is 1.19. The van der Waals surface area contributed by atoms with Gasteiger partial charge in [0.25, 0.3) is 0 Å².